The fraction of sp³-hybridized carbons (Fsp3) is 0. The maximum atomic E-state index is 6.54. The van der Waals surface area contributed by atoms with E-state index in [4.69, 9.17) is 4.42 Å². The molecule has 0 bridgehead atoms. The number of fused-ring (bicyclic) bond motifs is 9. The first-order valence-electron chi connectivity index (χ1n) is 20.2. The number of nitrogens with zero attached hydrogens (tertiary/aromatic N) is 2. The first-order valence-corrected chi connectivity index (χ1v) is 20.2. The average molecular weight is 753 g/mol. The van der Waals surface area contributed by atoms with Crippen molar-refractivity contribution in [2.45, 2.75) is 0 Å². The minimum Gasteiger partial charge on any atom is -0.455 e. The summed E-state index contributed by atoms with van der Waals surface area (Å²) in [6, 6.07) is 78.7. The van der Waals surface area contributed by atoms with Crippen LogP contribution in [0.1, 0.15) is 0 Å². The molecule has 2 aromatic heterocycles. The summed E-state index contributed by atoms with van der Waals surface area (Å²) < 4.78 is 8.91. The van der Waals surface area contributed by atoms with E-state index in [9.17, 15) is 0 Å². The third kappa shape index (κ3) is 5.36. The maximum absolute atomic E-state index is 6.54. The van der Waals surface area contributed by atoms with Crippen LogP contribution in [0.25, 0.3) is 93.2 Å². The van der Waals surface area contributed by atoms with Crippen molar-refractivity contribution in [3.05, 3.63) is 218 Å². The topological polar surface area (TPSA) is 21.3 Å². The number of benzene rings is 10. The molecule has 0 unspecified atom stereocenters. The summed E-state index contributed by atoms with van der Waals surface area (Å²) in [5.41, 5.74) is 13.4. The van der Waals surface area contributed by atoms with Crippen LogP contribution in [-0.2, 0) is 0 Å². The SMILES string of the molecule is c1ccc(N(c2ccc(-c3ccc4ccccc4c3)cc2)c2ccc(-c3ccc(-n4c5ccccc5c5c6oc7ccccc7c6ccc54)cc3)c3ccccc23)cc1. The van der Waals surface area contributed by atoms with Crippen molar-refractivity contribution in [2.75, 3.05) is 4.90 Å². The highest BCUT2D eigenvalue weighted by Crippen LogP contribution is 2.44. The molecule has 0 aliphatic rings. The molecule has 0 atom stereocenters. The molecule has 2 heterocycles. The molecule has 0 radical (unpaired) electrons. The van der Waals surface area contributed by atoms with Crippen molar-refractivity contribution < 1.29 is 4.42 Å². The summed E-state index contributed by atoms with van der Waals surface area (Å²) in [5, 5.41) is 9.51. The molecule has 10 aromatic carbocycles. The van der Waals surface area contributed by atoms with E-state index in [0.29, 0.717) is 0 Å². The Balaban J connectivity index is 0.950. The van der Waals surface area contributed by atoms with Crippen LogP contribution < -0.4 is 4.90 Å². The molecular weight excluding hydrogens is 717 g/mol. The minimum absolute atomic E-state index is 0.913. The number of para-hydroxylation sites is 3. The van der Waals surface area contributed by atoms with Gasteiger partial charge >= 0.3 is 0 Å². The van der Waals surface area contributed by atoms with E-state index < -0.39 is 0 Å². The van der Waals surface area contributed by atoms with Gasteiger partial charge in [0.05, 0.1) is 22.1 Å². The van der Waals surface area contributed by atoms with Crippen molar-refractivity contribution in [1.29, 1.82) is 0 Å². The molecule has 0 N–H and O–H groups in total. The Labute approximate surface area is 341 Å². The van der Waals surface area contributed by atoms with E-state index in [2.05, 4.69) is 222 Å². The molecular formula is C56H36N2O. The average Bonchev–Trinajstić information content (AvgIpc) is 3.86. The van der Waals surface area contributed by atoms with Gasteiger partial charge in [0.15, 0.2) is 0 Å². The second kappa shape index (κ2) is 13.4. The Morgan fingerprint density at radius 3 is 1.85 bits per heavy atom. The second-order valence-electron chi connectivity index (χ2n) is 15.3. The molecule has 0 saturated carbocycles. The van der Waals surface area contributed by atoms with Crippen LogP contribution in [0, 0.1) is 0 Å². The third-order valence-corrected chi connectivity index (χ3v) is 12.0. The fourth-order valence-electron chi connectivity index (χ4n) is 9.21. The molecule has 0 amide bonds. The molecule has 0 aliphatic carbocycles. The molecule has 0 fully saturated rings. The van der Waals surface area contributed by atoms with Gasteiger partial charge in [0, 0.05) is 38.6 Å². The summed E-state index contributed by atoms with van der Waals surface area (Å²) in [6.45, 7) is 0. The Kier molecular flexibility index (Phi) is 7.54. The zero-order chi connectivity index (χ0) is 38.9. The van der Waals surface area contributed by atoms with Crippen molar-refractivity contribution >= 4 is 82.4 Å². The summed E-state index contributed by atoms with van der Waals surface area (Å²) in [7, 11) is 0. The van der Waals surface area contributed by atoms with Crippen molar-refractivity contribution in [3.63, 3.8) is 0 Å². The summed E-state index contributed by atoms with van der Waals surface area (Å²) in [4.78, 5) is 2.38. The monoisotopic (exact) mass is 752 g/mol. The fourth-order valence-corrected chi connectivity index (χ4v) is 9.21. The van der Waals surface area contributed by atoms with Crippen LogP contribution in [0.3, 0.4) is 0 Å². The Hall–Kier alpha value is -7.88. The van der Waals surface area contributed by atoms with Crippen molar-refractivity contribution in [3.8, 4) is 27.9 Å². The standard InChI is InChI=1S/C56H36N2O/c1-2-14-42(15-3-1)57(43-28-24-38(25-29-43)41-23-22-37-12-4-5-13-40(37)36-41)52-34-32-45(46-16-6-7-17-47(46)52)39-26-30-44(31-27-39)58-51-20-10-8-19-50(51)55-53(58)35-33-49-48-18-9-11-21-54(48)59-56(49)55/h1-36H. The van der Waals surface area contributed by atoms with Gasteiger partial charge < -0.3 is 13.9 Å². The maximum Gasteiger partial charge on any atom is 0.145 e. The lowest BCUT2D eigenvalue weighted by molar-refractivity contribution is 0.673. The third-order valence-electron chi connectivity index (χ3n) is 12.0. The Bertz CT molecular complexity index is 3540. The van der Waals surface area contributed by atoms with Crippen LogP contribution in [0.15, 0.2) is 223 Å². The first kappa shape index (κ1) is 33.3. The van der Waals surface area contributed by atoms with Crippen LogP contribution >= 0.6 is 0 Å². The van der Waals surface area contributed by atoms with Gasteiger partial charge in [-0.3, -0.25) is 0 Å². The molecule has 3 nitrogen and oxygen atoms in total. The predicted molar refractivity (Wildman–Crippen MR) is 249 cm³/mol. The predicted octanol–water partition coefficient (Wildman–Crippen LogP) is 15.8. The van der Waals surface area contributed by atoms with Gasteiger partial charge in [0.2, 0.25) is 0 Å². The van der Waals surface area contributed by atoms with Gasteiger partial charge in [-0.05, 0) is 111 Å². The van der Waals surface area contributed by atoms with Crippen LogP contribution in [-0.4, -0.2) is 4.57 Å². The Morgan fingerprint density at radius 1 is 0.373 bits per heavy atom. The lowest BCUT2D eigenvalue weighted by Crippen LogP contribution is -2.10. The molecule has 0 saturated heterocycles. The van der Waals surface area contributed by atoms with Crippen LogP contribution in [0.4, 0.5) is 17.1 Å². The van der Waals surface area contributed by atoms with E-state index in [-0.39, 0.29) is 0 Å². The van der Waals surface area contributed by atoms with Crippen molar-refractivity contribution in [1.82, 2.24) is 4.57 Å². The number of hydrogen-bond donors (Lipinski definition) is 0. The zero-order valence-electron chi connectivity index (χ0n) is 32.1. The van der Waals surface area contributed by atoms with E-state index in [1.54, 1.807) is 0 Å². The highest BCUT2D eigenvalue weighted by Gasteiger charge is 2.20. The van der Waals surface area contributed by atoms with E-state index >= 15 is 0 Å². The molecule has 12 aromatic rings. The normalized spacial score (nSPS) is 11.7. The first-order chi connectivity index (χ1) is 29.3. The summed E-state index contributed by atoms with van der Waals surface area (Å²) >= 11 is 0. The van der Waals surface area contributed by atoms with E-state index in [1.807, 2.05) is 6.07 Å². The summed E-state index contributed by atoms with van der Waals surface area (Å²) in [5.74, 6) is 0. The molecule has 0 aliphatic heterocycles. The lowest BCUT2D eigenvalue weighted by atomic mass is 9.96. The smallest absolute Gasteiger partial charge is 0.145 e. The number of hydrogen-bond acceptors (Lipinski definition) is 2. The van der Waals surface area contributed by atoms with E-state index in [1.165, 1.54) is 49.2 Å². The number of rotatable bonds is 6. The number of furan rings is 1. The van der Waals surface area contributed by atoms with Gasteiger partial charge in [-0.1, -0.05) is 146 Å². The van der Waals surface area contributed by atoms with Gasteiger partial charge in [0.25, 0.3) is 0 Å². The molecule has 276 valence electrons. The molecule has 59 heavy (non-hydrogen) atoms. The van der Waals surface area contributed by atoms with Crippen molar-refractivity contribution in [2.24, 2.45) is 0 Å². The van der Waals surface area contributed by atoms with Crippen LogP contribution in [0.5, 0.6) is 0 Å². The Morgan fingerprint density at radius 2 is 1.02 bits per heavy atom. The highest BCUT2D eigenvalue weighted by atomic mass is 16.3. The number of aromatic nitrogens is 1. The van der Waals surface area contributed by atoms with E-state index in [0.717, 1.165) is 61.1 Å². The second-order valence-corrected chi connectivity index (χ2v) is 15.3. The largest absolute Gasteiger partial charge is 0.455 e. The van der Waals surface area contributed by atoms with Gasteiger partial charge in [0.1, 0.15) is 11.2 Å². The summed E-state index contributed by atoms with van der Waals surface area (Å²) in [6.07, 6.45) is 0. The quantitative estimate of drug-likeness (QED) is 0.169. The minimum atomic E-state index is 0.913. The molecule has 3 heteroatoms. The molecule has 0 spiro atoms. The number of anilines is 3. The molecule has 12 rings (SSSR count). The van der Waals surface area contributed by atoms with Crippen LogP contribution in [0.2, 0.25) is 0 Å². The van der Waals surface area contributed by atoms with Gasteiger partial charge in [-0.25, -0.2) is 0 Å². The zero-order valence-corrected chi connectivity index (χ0v) is 32.1. The van der Waals surface area contributed by atoms with Gasteiger partial charge in [-0.2, -0.15) is 0 Å². The highest BCUT2D eigenvalue weighted by molar-refractivity contribution is 6.23. The lowest BCUT2D eigenvalue weighted by Gasteiger charge is -2.27. The van der Waals surface area contributed by atoms with Gasteiger partial charge in [-0.15, -0.1) is 0 Å².